The number of hydrogen-bond donors (Lipinski definition) is 2. The van der Waals surface area contributed by atoms with Gasteiger partial charge in [0.15, 0.2) is 0 Å². The van der Waals surface area contributed by atoms with Crippen molar-refractivity contribution in [2.75, 3.05) is 19.6 Å². The molecule has 1 aliphatic rings. The van der Waals surface area contributed by atoms with Crippen LogP contribution in [0.1, 0.15) is 12.8 Å². The third kappa shape index (κ3) is 3.75. The van der Waals surface area contributed by atoms with Crippen molar-refractivity contribution in [3.05, 3.63) is 12.4 Å². The summed E-state index contributed by atoms with van der Waals surface area (Å²) in [7, 11) is 0. The molecule has 2 heterocycles. The lowest BCUT2D eigenvalue weighted by Crippen LogP contribution is -2.50. The highest BCUT2D eigenvalue weighted by Crippen LogP contribution is 2.12. The van der Waals surface area contributed by atoms with Gasteiger partial charge in [0.1, 0.15) is 6.54 Å². The van der Waals surface area contributed by atoms with Gasteiger partial charge in [-0.3, -0.25) is 9.59 Å². The van der Waals surface area contributed by atoms with Crippen LogP contribution in [0.15, 0.2) is 12.4 Å². The van der Waals surface area contributed by atoms with E-state index in [9.17, 15) is 9.59 Å². The lowest BCUT2D eigenvalue weighted by atomic mass is 10.0. The Labute approximate surface area is 110 Å². The first-order chi connectivity index (χ1) is 9.16. The van der Waals surface area contributed by atoms with Gasteiger partial charge in [-0.25, -0.2) is 4.68 Å². The van der Waals surface area contributed by atoms with Crippen molar-refractivity contribution < 1.29 is 9.59 Å². The minimum absolute atomic E-state index is 0.0435. The van der Waals surface area contributed by atoms with E-state index >= 15 is 0 Å². The van der Waals surface area contributed by atoms with Crippen LogP contribution in [-0.2, 0) is 16.1 Å². The molecule has 0 saturated carbocycles. The van der Waals surface area contributed by atoms with Gasteiger partial charge in [0.2, 0.25) is 11.8 Å². The second-order valence-electron chi connectivity index (χ2n) is 4.57. The Morgan fingerprint density at radius 3 is 2.74 bits per heavy atom. The molecule has 1 saturated heterocycles. The molecule has 2 amide bonds. The fraction of sp³-hybridized carbons (Fsp3) is 0.636. The molecule has 0 unspecified atom stereocenters. The molecular formula is C11H18N6O2. The van der Waals surface area contributed by atoms with Crippen molar-refractivity contribution in [2.45, 2.75) is 25.4 Å². The average molecular weight is 266 g/mol. The number of aromatic nitrogens is 3. The van der Waals surface area contributed by atoms with E-state index in [4.69, 9.17) is 5.73 Å². The Hall–Kier alpha value is -1.96. The number of nitrogens with zero attached hydrogens (tertiary/aromatic N) is 4. The van der Waals surface area contributed by atoms with Crippen molar-refractivity contribution in [3.63, 3.8) is 0 Å². The number of rotatable bonds is 5. The standard InChI is InChI=1S/C11H18N6O2/c12-10(18)7-17(9-1-3-13-4-2-9)11(19)8-16-6-5-14-15-16/h5-6,9,13H,1-4,7-8H2,(H2,12,18). The number of carbonyl (C=O) groups is 2. The zero-order chi connectivity index (χ0) is 13.7. The first kappa shape index (κ1) is 13.5. The molecule has 8 heteroatoms. The Morgan fingerprint density at radius 2 is 2.16 bits per heavy atom. The highest BCUT2D eigenvalue weighted by Gasteiger charge is 2.26. The average Bonchev–Trinajstić information content (AvgIpc) is 2.89. The van der Waals surface area contributed by atoms with Crippen LogP contribution in [0.3, 0.4) is 0 Å². The second-order valence-corrected chi connectivity index (χ2v) is 4.57. The SMILES string of the molecule is NC(=O)CN(C(=O)Cn1ccnn1)C1CCNCC1. The molecule has 1 aromatic heterocycles. The Bertz CT molecular complexity index is 426. The summed E-state index contributed by atoms with van der Waals surface area (Å²) in [6.45, 7) is 1.72. The zero-order valence-corrected chi connectivity index (χ0v) is 10.7. The normalized spacial score (nSPS) is 16.2. The summed E-state index contributed by atoms with van der Waals surface area (Å²) in [4.78, 5) is 25.0. The molecule has 1 fully saturated rings. The predicted octanol–water partition coefficient (Wildman–Crippen LogP) is -1.66. The van der Waals surface area contributed by atoms with Gasteiger partial charge in [0.25, 0.3) is 0 Å². The van der Waals surface area contributed by atoms with Crippen LogP contribution in [0.2, 0.25) is 0 Å². The highest BCUT2D eigenvalue weighted by molar-refractivity contribution is 5.83. The Kier molecular flexibility index (Phi) is 4.45. The van der Waals surface area contributed by atoms with E-state index in [1.165, 1.54) is 10.9 Å². The van der Waals surface area contributed by atoms with Crippen molar-refractivity contribution in [1.82, 2.24) is 25.2 Å². The second kappa shape index (κ2) is 6.28. The minimum atomic E-state index is -0.495. The number of piperidine rings is 1. The summed E-state index contributed by atoms with van der Waals surface area (Å²) in [6.07, 6.45) is 4.78. The fourth-order valence-corrected chi connectivity index (χ4v) is 2.25. The third-order valence-electron chi connectivity index (χ3n) is 3.17. The topological polar surface area (TPSA) is 106 Å². The molecule has 104 valence electrons. The number of primary amides is 1. The molecule has 1 aliphatic heterocycles. The Morgan fingerprint density at radius 1 is 1.42 bits per heavy atom. The van der Waals surface area contributed by atoms with Crippen LogP contribution in [0.25, 0.3) is 0 Å². The summed E-state index contributed by atoms with van der Waals surface area (Å²) in [5.41, 5.74) is 5.23. The van der Waals surface area contributed by atoms with E-state index < -0.39 is 5.91 Å². The lowest BCUT2D eigenvalue weighted by Gasteiger charge is -2.33. The summed E-state index contributed by atoms with van der Waals surface area (Å²) < 4.78 is 1.44. The lowest BCUT2D eigenvalue weighted by molar-refractivity contribution is -0.138. The molecule has 0 spiro atoms. The molecule has 0 atom stereocenters. The largest absolute Gasteiger partial charge is 0.368 e. The maximum Gasteiger partial charge on any atom is 0.245 e. The molecule has 0 bridgehead atoms. The zero-order valence-electron chi connectivity index (χ0n) is 10.7. The Balaban J connectivity index is 2.02. The maximum atomic E-state index is 12.3. The van der Waals surface area contributed by atoms with E-state index in [-0.39, 0.29) is 25.0 Å². The number of amides is 2. The van der Waals surface area contributed by atoms with Crippen LogP contribution in [0, 0.1) is 0 Å². The molecule has 3 N–H and O–H groups in total. The molecule has 0 radical (unpaired) electrons. The van der Waals surface area contributed by atoms with Gasteiger partial charge in [-0.05, 0) is 25.9 Å². The fourth-order valence-electron chi connectivity index (χ4n) is 2.25. The first-order valence-electron chi connectivity index (χ1n) is 6.29. The molecule has 1 aromatic rings. The molecule has 19 heavy (non-hydrogen) atoms. The van der Waals surface area contributed by atoms with Crippen LogP contribution < -0.4 is 11.1 Å². The quantitative estimate of drug-likeness (QED) is 0.663. The highest BCUT2D eigenvalue weighted by atomic mass is 16.2. The van der Waals surface area contributed by atoms with Gasteiger partial charge in [-0.2, -0.15) is 0 Å². The van der Waals surface area contributed by atoms with Crippen LogP contribution >= 0.6 is 0 Å². The molecule has 0 aromatic carbocycles. The van der Waals surface area contributed by atoms with E-state index in [1.54, 1.807) is 11.1 Å². The molecule has 8 nitrogen and oxygen atoms in total. The maximum absolute atomic E-state index is 12.3. The number of carbonyl (C=O) groups excluding carboxylic acids is 2. The van der Waals surface area contributed by atoms with E-state index in [2.05, 4.69) is 15.6 Å². The predicted molar refractivity (Wildman–Crippen MR) is 66.8 cm³/mol. The molecule has 0 aliphatic carbocycles. The molecule has 2 rings (SSSR count). The smallest absolute Gasteiger partial charge is 0.245 e. The summed E-state index contributed by atoms with van der Waals surface area (Å²) in [6, 6.07) is 0.0600. The van der Waals surface area contributed by atoms with Gasteiger partial charge >= 0.3 is 0 Å². The van der Waals surface area contributed by atoms with Crippen molar-refractivity contribution >= 4 is 11.8 Å². The summed E-state index contributed by atoms with van der Waals surface area (Å²) >= 11 is 0. The number of nitrogens with two attached hydrogens (primary N) is 1. The van der Waals surface area contributed by atoms with Crippen molar-refractivity contribution in [3.8, 4) is 0 Å². The van der Waals surface area contributed by atoms with Crippen molar-refractivity contribution in [2.24, 2.45) is 5.73 Å². The van der Waals surface area contributed by atoms with Crippen LogP contribution in [0.5, 0.6) is 0 Å². The van der Waals surface area contributed by atoms with E-state index in [0.29, 0.717) is 0 Å². The number of hydrogen-bond acceptors (Lipinski definition) is 5. The number of nitrogens with one attached hydrogen (secondary N) is 1. The van der Waals surface area contributed by atoms with Gasteiger partial charge in [0, 0.05) is 12.2 Å². The van der Waals surface area contributed by atoms with Crippen molar-refractivity contribution in [1.29, 1.82) is 0 Å². The van der Waals surface area contributed by atoms with Crippen LogP contribution in [0.4, 0.5) is 0 Å². The molecular weight excluding hydrogens is 248 g/mol. The minimum Gasteiger partial charge on any atom is -0.368 e. The van der Waals surface area contributed by atoms with E-state index in [1.807, 2.05) is 0 Å². The third-order valence-corrected chi connectivity index (χ3v) is 3.17. The van der Waals surface area contributed by atoms with Gasteiger partial charge in [-0.15, -0.1) is 5.10 Å². The van der Waals surface area contributed by atoms with E-state index in [0.717, 1.165) is 25.9 Å². The van der Waals surface area contributed by atoms with Gasteiger partial charge < -0.3 is 16.0 Å². The van der Waals surface area contributed by atoms with Gasteiger partial charge in [-0.1, -0.05) is 5.21 Å². The van der Waals surface area contributed by atoms with Gasteiger partial charge in [0.05, 0.1) is 12.7 Å². The summed E-state index contributed by atoms with van der Waals surface area (Å²) in [5.74, 6) is -0.651. The summed E-state index contributed by atoms with van der Waals surface area (Å²) in [5, 5.41) is 10.6. The first-order valence-corrected chi connectivity index (χ1v) is 6.29. The monoisotopic (exact) mass is 266 g/mol. The van der Waals surface area contributed by atoms with Crippen LogP contribution in [-0.4, -0.2) is 57.4 Å².